The number of nitrogens with zero attached hydrogens (tertiary/aromatic N) is 1. The molecular formula is C25H26N2O4S. The lowest BCUT2D eigenvalue weighted by Crippen LogP contribution is -2.39. The van der Waals surface area contributed by atoms with Gasteiger partial charge in [-0.2, -0.15) is 4.31 Å². The Hall–Kier alpha value is -3.42. The average molecular weight is 451 g/mol. The maximum atomic E-state index is 13.0. The summed E-state index contributed by atoms with van der Waals surface area (Å²) in [6, 6.07) is 25.7. The highest BCUT2D eigenvalue weighted by atomic mass is 32.2. The maximum absolute atomic E-state index is 13.0. The zero-order valence-corrected chi connectivity index (χ0v) is 18.7. The lowest BCUT2D eigenvalue weighted by molar-refractivity contribution is -0.121. The van der Waals surface area contributed by atoms with Crippen LogP contribution in [0.3, 0.4) is 0 Å². The van der Waals surface area contributed by atoms with Gasteiger partial charge in [0.2, 0.25) is 15.9 Å². The van der Waals surface area contributed by atoms with Crippen LogP contribution in [0.25, 0.3) is 6.08 Å². The van der Waals surface area contributed by atoms with Gasteiger partial charge in [-0.15, -0.1) is 0 Å². The SMILES string of the molecule is COc1ccc(CNC(=O)CN(Cc2ccccc2)S(=O)(=O)C=Cc2ccccc2)cc1. The van der Waals surface area contributed by atoms with Gasteiger partial charge in [0, 0.05) is 18.5 Å². The lowest BCUT2D eigenvalue weighted by Gasteiger charge is -2.20. The molecule has 0 spiro atoms. The normalized spacial score (nSPS) is 11.6. The Labute approximate surface area is 189 Å². The minimum atomic E-state index is -3.83. The molecular weight excluding hydrogens is 424 g/mol. The van der Waals surface area contributed by atoms with E-state index in [1.165, 1.54) is 10.4 Å². The molecule has 0 aliphatic rings. The van der Waals surface area contributed by atoms with Crippen molar-refractivity contribution in [2.24, 2.45) is 0 Å². The standard InChI is InChI=1S/C25H26N2O4S/c1-31-24-14-12-22(13-15-24)18-26-25(28)20-27(19-23-10-6-3-7-11-23)32(29,30)17-16-21-8-4-2-5-9-21/h2-17H,18-20H2,1H3,(H,26,28). The molecule has 1 N–H and O–H groups in total. The molecule has 3 aromatic rings. The van der Waals surface area contributed by atoms with Gasteiger partial charge in [0.15, 0.2) is 0 Å². The van der Waals surface area contributed by atoms with E-state index in [0.717, 1.165) is 27.8 Å². The Kier molecular flexibility index (Phi) is 8.19. The molecule has 0 unspecified atom stereocenters. The molecule has 0 aromatic heterocycles. The first kappa shape index (κ1) is 23.2. The summed E-state index contributed by atoms with van der Waals surface area (Å²) in [6.45, 7) is 0.104. The third-order valence-corrected chi connectivity index (χ3v) is 6.22. The summed E-state index contributed by atoms with van der Waals surface area (Å²) >= 11 is 0. The zero-order valence-electron chi connectivity index (χ0n) is 17.8. The van der Waals surface area contributed by atoms with E-state index >= 15 is 0 Å². The average Bonchev–Trinajstić information content (AvgIpc) is 2.83. The molecule has 0 fully saturated rings. The van der Waals surface area contributed by atoms with E-state index in [1.54, 1.807) is 7.11 Å². The van der Waals surface area contributed by atoms with E-state index in [4.69, 9.17) is 4.74 Å². The Morgan fingerprint density at radius 2 is 1.53 bits per heavy atom. The molecule has 0 aliphatic heterocycles. The minimum absolute atomic E-state index is 0.0955. The van der Waals surface area contributed by atoms with E-state index in [2.05, 4.69) is 5.32 Å². The number of carbonyl (C=O) groups is 1. The second-order valence-electron chi connectivity index (χ2n) is 7.14. The molecule has 0 heterocycles. The number of hydrogen-bond donors (Lipinski definition) is 1. The van der Waals surface area contributed by atoms with Crippen molar-refractivity contribution in [1.29, 1.82) is 0 Å². The summed E-state index contributed by atoms with van der Waals surface area (Å²) < 4.78 is 32.4. The molecule has 32 heavy (non-hydrogen) atoms. The van der Waals surface area contributed by atoms with Crippen molar-refractivity contribution in [2.75, 3.05) is 13.7 Å². The second kappa shape index (κ2) is 11.3. The van der Waals surface area contributed by atoms with Gasteiger partial charge in [-0.05, 0) is 34.9 Å². The van der Waals surface area contributed by atoms with Gasteiger partial charge in [0.25, 0.3) is 0 Å². The van der Waals surface area contributed by atoms with E-state index in [0.29, 0.717) is 6.54 Å². The summed E-state index contributed by atoms with van der Waals surface area (Å²) in [5, 5.41) is 3.93. The van der Waals surface area contributed by atoms with Crippen LogP contribution in [-0.4, -0.2) is 32.3 Å². The molecule has 0 atom stereocenters. The summed E-state index contributed by atoms with van der Waals surface area (Å²) in [4.78, 5) is 12.6. The molecule has 0 radical (unpaired) electrons. The zero-order chi connectivity index (χ0) is 22.8. The van der Waals surface area contributed by atoms with Crippen LogP contribution in [0.4, 0.5) is 0 Å². The van der Waals surface area contributed by atoms with Crippen molar-refractivity contribution in [2.45, 2.75) is 13.1 Å². The summed E-state index contributed by atoms with van der Waals surface area (Å²) in [7, 11) is -2.24. The highest BCUT2D eigenvalue weighted by Gasteiger charge is 2.22. The van der Waals surface area contributed by atoms with Crippen LogP contribution in [0.1, 0.15) is 16.7 Å². The monoisotopic (exact) mass is 450 g/mol. The fraction of sp³-hybridized carbons (Fsp3) is 0.160. The van der Waals surface area contributed by atoms with Gasteiger partial charge in [-0.1, -0.05) is 72.8 Å². The Balaban J connectivity index is 1.71. The highest BCUT2D eigenvalue weighted by molar-refractivity contribution is 7.92. The van der Waals surface area contributed by atoms with E-state index in [1.807, 2.05) is 84.9 Å². The number of benzene rings is 3. The second-order valence-corrected chi connectivity index (χ2v) is 8.96. The predicted octanol–water partition coefficient (Wildman–Crippen LogP) is 3.81. The van der Waals surface area contributed by atoms with Crippen LogP contribution >= 0.6 is 0 Å². The Morgan fingerprint density at radius 1 is 0.906 bits per heavy atom. The smallest absolute Gasteiger partial charge is 0.237 e. The van der Waals surface area contributed by atoms with Crippen LogP contribution in [-0.2, 0) is 27.9 Å². The number of carbonyl (C=O) groups excluding carboxylic acids is 1. The minimum Gasteiger partial charge on any atom is -0.497 e. The van der Waals surface area contributed by atoms with Crippen molar-refractivity contribution >= 4 is 22.0 Å². The molecule has 3 rings (SSSR count). The number of amides is 1. The summed E-state index contributed by atoms with van der Waals surface area (Å²) in [6.07, 6.45) is 1.53. The van der Waals surface area contributed by atoms with Crippen LogP contribution in [0.15, 0.2) is 90.3 Å². The largest absolute Gasteiger partial charge is 0.497 e. The van der Waals surface area contributed by atoms with Gasteiger partial charge >= 0.3 is 0 Å². The molecule has 0 saturated carbocycles. The number of nitrogens with one attached hydrogen (secondary N) is 1. The van der Waals surface area contributed by atoms with Crippen molar-refractivity contribution in [3.63, 3.8) is 0 Å². The van der Waals surface area contributed by atoms with Gasteiger partial charge in [-0.25, -0.2) is 8.42 Å². The first-order valence-electron chi connectivity index (χ1n) is 10.1. The highest BCUT2D eigenvalue weighted by Crippen LogP contribution is 2.14. The van der Waals surface area contributed by atoms with E-state index < -0.39 is 10.0 Å². The fourth-order valence-corrected chi connectivity index (χ4v) is 4.13. The molecule has 3 aromatic carbocycles. The Morgan fingerprint density at radius 3 is 2.16 bits per heavy atom. The van der Waals surface area contributed by atoms with Crippen LogP contribution in [0, 0.1) is 0 Å². The number of sulfonamides is 1. The van der Waals surface area contributed by atoms with Crippen molar-refractivity contribution in [3.05, 3.63) is 107 Å². The fourth-order valence-electron chi connectivity index (χ4n) is 3.00. The van der Waals surface area contributed by atoms with Gasteiger partial charge in [-0.3, -0.25) is 4.79 Å². The van der Waals surface area contributed by atoms with Crippen molar-refractivity contribution in [1.82, 2.24) is 9.62 Å². The van der Waals surface area contributed by atoms with Gasteiger partial charge < -0.3 is 10.1 Å². The number of hydrogen-bond acceptors (Lipinski definition) is 4. The number of rotatable bonds is 10. The van der Waals surface area contributed by atoms with Crippen LogP contribution in [0.2, 0.25) is 0 Å². The molecule has 7 heteroatoms. The molecule has 0 aliphatic carbocycles. The van der Waals surface area contributed by atoms with E-state index in [-0.39, 0.29) is 19.0 Å². The lowest BCUT2D eigenvalue weighted by atomic mass is 10.2. The van der Waals surface area contributed by atoms with Gasteiger partial charge in [0.05, 0.1) is 13.7 Å². The molecule has 0 saturated heterocycles. The molecule has 1 amide bonds. The van der Waals surface area contributed by atoms with Crippen molar-refractivity contribution < 1.29 is 17.9 Å². The topological polar surface area (TPSA) is 75.7 Å². The summed E-state index contributed by atoms with van der Waals surface area (Å²) in [5.41, 5.74) is 2.45. The Bertz CT molecular complexity index is 1130. The first-order valence-corrected chi connectivity index (χ1v) is 11.6. The third-order valence-electron chi connectivity index (χ3n) is 4.76. The van der Waals surface area contributed by atoms with Crippen LogP contribution < -0.4 is 10.1 Å². The molecule has 166 valence electrons. The number of methoxy groups -OCH3 is 1. The first-order chi connectivity index (χ1) is 15.5. The predicted molar refractivity (Wildman–Crippen MR) is 126 cm³/mol. The van der Waals surface area contributed by atoms with Gasteiger partial charge in [0.1, 0.15) is 5.75 Å². The third kappa shape index (κ3) is 7.08. The summed E-state index contributed by atoms with van der Waals surface area (Å²) in [5.74, 6) is 0.346. The molecule has 0 bridgehead atoms. The van der Waals surface area contributed by atoms with Crippen molar-refractivity contribution in [3.8, 4) is 5.75 Å². The number of ether oxygens (including phenoxy) is 1. The molecule has 6 nitrogen and oxygen atoms in total. The van der Waals surface area contributed by atoms with E-state index in [9.17, 15) is 13.2 Å². The maximum Gasteiger partial charge on any atom is 0.237 e. The van der Waals surface area contributed by atoms with Crippen LogP contribution in [0.5, 0.6) is 5.75 Å². The quantitative estimate of drug-likeness (QED) is 0.510.